The highest BCUT2D eigenvalue weighted by Crippen LogP contribution is 2.33. The van der Waals surface area contributed by atoms with Crippen molar-refractivity contribution in [2.24, 2.45) is 0 Å². The lowest BCUT2D eigenvalue weighted by Crippen LogP contribution is -2.02. The summed E-state index contributed by atoms with van der Waals surface area (Å²) in [4.78, 5) is 13.8. The second-order valence-electron chi connectivity index (χ2n) is 3.22. The topological polar surface area (TPSA) is 64.7 Å². The lowest BCUT2D eigenvalue weighted by atomic mass is 10.2. The van der Waals surface area contributed by atoms with Gasteiger partial charge in [0.25, 0.3) is 0 Å². The van der Waals surface area contributed by atoms with E-state index in [0.29, 0.717) is 11.6 Å². The summed E-state index contributed by atoms with van der Waals surface area (Å²) in [5, 5.41) is 0. The molecule has 0 spiro atoms. The third-order valence-corrected chi connectivity index (χ3v) is 4.00. The lowest BCUT2D eigenvalue weighted by Gasteiger charge is -2.03. The normalized spacial score (nSPS) is 14.1. The fourth-order valence-electron chi connectivity index (χ4n) is 1.51. The van der Waals surface area contributed by atoms with Crippen LogP contribution in [0.15, 0.2) is 11.7 Å². The number of nitrogens with zero attached hydrogens (tertiary/aromatic N) is 3. The Morgan fingerprint density at radius 3 is 3.00 bits per heavy atom. The minimum atomic E-state index is 0.619. The molecule has 0 radical (unpaired) electrons. The molecule has 0 fully saturated rings. The molecular weight excluding hydrogens is 228 g/mol. The Kier molecular flexibility index (Phi) is 2.10. The Labute approximate surface area is 95.0 Å². The van der Waals surface area contributed by atoms with Gasteiger partial charge in [0.05, 0.1) is 16.1 Å². The Bertz CT molecular complexity index is 495. The maximum Gasteiger partial charge on any atom is 0.173 e. The smallest absolute Gasteiger partial charge is 0.173 e. The summed E-state index contributed by atoms with van der Waals surface area (Å²) < 4.78 is 0. The molecule has 0 saturated carbocycles. The minimum absolute atomic E-state index is 0.619. The number of hydrogen-bond donors (Lipinski definition) is 1. The van der Waals surface area contributed by atoms with E-state index in [1.54, 1.807) is 11.7 Å². The number of nitrogens with two attached hydrogens (primary N) is 1. The first-order valence-corrected chi connectivity index (χ1v) is 6.50. The third-order valence-electron chi connectivity index (χ3n) is 2.26. The Balaban J connectivity index is 2.15. The van der Waals surface area contributed by atoms with Crippen LogP contribution >= 0.6 is 23.1 Å². The van der Waals surface area contributed by atoms with Gasteiger partial charge in [0, 0.05) is 23.3 Å². The fraction of sp³-hybridized carbons (Fsp3) is 0.222. The first-order valence-electron chi connectivity index (χ1n) is 4.46. The van der Waals surface area contributed by atoms with Crippen molar-refractivity contribution in [1.29, 1.82) is 0 Å². The molecule has 3 rings (SSSR count). The van der Waals surface area contributed by atoms with Crippen LogP contribution in [0, 0.1) is 0 Å². The monoisotopic (exact) mass is 236 g/mol. The molecule has 0 saturated heterocycles. The molecule has 0 aliphatic carbocycles. The summed E-state index contributed by atoms with van der Waals surface area (Å²) in [5.41, 5.74) is 9.86. The molecule has 1 aliphatic rings. The maximum atomic E-state index is 5.90. The van der Waals surface area contributed by atoms with Crippen molar-refractivity contribution in [3.05, 3.63) is 23.0 Å². The summed E-state index contributed by atoms with van der Waals surface area (Å²) in [6.45, 7) is 0. The van der Waals surface area contributed by atoms with Crippen molar-refractivity contribution in [2.45, 2.75) is 11.5 Å². The quantitative estimate of drug-likeness (QED) is 0.819. The minimum Gasteiger partial charge on any atom is -0.383 e. The molecular formula is C9H8N4S2. The molecule has 0 aromatic carbocycles. The Morgan fingerprint density at radius 1 is 1.27 bits per heavy atom. The van der Waals surface area contributed by atoms with E-state index >= 15 is 0 Å². The van der Waals surface area contributed by atoms with Crippen molar-refractivity contribution >= 4 is 28.9 Å². The number of thioether (sulfide) groups is 1. The number of nitrogen functional groups attached to an aromatic ring is 1. The molecule has 0 unspecified atom stereocenters. The zero-order valence-corrected chi connectivity index (χ0v) is 9.44. The first-order chi connectivity index (χ1) is 7.34. The van der Waals surface area contributed by atoms with E-state index in [9.17, 15) is 0 Å². The van der Waals surface area contributed by atoms with Gasteiger partial charge in [0.2, 0.25) is 0 Å². The van der Waals surface area contributed by atoms with Crippen LogP contribution < -0.4 is 5.73 Å². The second kappa shape index (κ2) is 3.46. The van der Waals surface area contributed by atoms with E-state index in [1.165, 1.54) is 11.3 Å². The average molecular weight is 236 g/mol. The van der Waals surface area contributed by atoms with Gasteiger partial charge in [-0.05, 0) is 0 Å². The van der Waals surface area contributed by atoms with Gasteiger partial charge >= 0.3 is 0 Å². The Morgan fingerprint density at radius 2 is 2.20 bits per heavy atom. The van der Waals surface area contributed by atoms with Crippen LogP contribution in [-0.2, 0) is 11.5 Å². The molecule has 6 heteroatoms. The van der Waals surface area contributed by atoms with E-state index in [4.69, 9.17) is 5.73 Å². The average Bonchev–Trinajstić information content (AvgIpc) is 2.88. The highest BCUT2D eigenvalue weighted by Gasteiger charge is 2.18. The molecule has 3 heterocycles. The van der Waals surface area contributed by atoms with Crippen LogP contribution in [-0.4, -0.2) is 15.0 Å². The third kappa shape index (κ3) is 1.49. The van der Waals surface area contributed by atoms with Gasteiger partial charge in [-0.1, -0.05) is 0 Å². The van der Waals surface area contributed by atoms with E-state index in [1.807, 2.05) is 11.8 Å². The van der Waals surface area contributed by atoms with Gasteiger partial charge in [-0.15, -0.1) is 11.3 Å². The molecule has 76 valence electrons. The number of fused-ring (bicyclic) bond motifs is 1. The van der Waals surface area contributed by atoms with Crippen molar-refractivity contribution in [1.82, 2.24) is 15.0 Å². The molecule has 4 nitrogen and oxygen atoms in total. The van der Waals surface area contributed by atoms with Crippen LogP contribution in [0.25, 0.3) is 10.7 Å². The van der Waals surface area contributed by atoms with Crippen LogP contribution in [0.5, 0.6) is 0 Å². The van der Waals surface area contributed by atoms with Gasteiger partial charge in [-0.3, -0.25) is 4.98 Å². The van der Waals surface area contributed by atoms with E-state index in [0.717, 1.165) is 27.6 Å². The number of rotatable bonds is 1. The van der Waals surface area contributed by atoms with Crippen LogP contribution in [0.1, 0.15) is 11.3 Å². The predicted molar refractivity (Wildman–Crippen MR) is 62.6 cm³/mol. The molecule has 0 atom stereocenters. The van der Waals surface area contributed by atoms with Crippen LogP contribution in [0.2, 0.25) is 0 Å². The first kappa shape index (κ1) is 9.11. The molecule has 2 N–H and O–H groups in total. The van der Waals surface area contributed by atoms with Gasteiger partial charge in [-0.2, -0.15) is 11.8 Å². The molecule has 15 heavy (non-hydrogen) atoms. The van der Waals surface area contributed by atoms with Crippen molar-refractivity contribution in [3.63, 3.8) is 0 Å². The summed E-state index contributed by atoms with van der Waals surface area (Å²) in [6, 6.07) is 0. The fourth-order valence-corrected chi connectivity index (χ4v) is 3.12. The molecule has 2 aromatic rings. The van der Waals surface area contributed by atoms with E-state index in [-0.39, 0.29) is 0 Å². The predicted octanol–water partition coefficient (Wildman–Crippen LogP) is 1.93. The molecule has 1 aliphatic heterocycles. The zero-order valence-electron chi connectivity index (χ0n) is 7.80. The highest BCUT2D eigenvalue weighted by atomic mass is 32.2. The van der Waals surface area contributed by atoms with E-state index < -0.39 is 0 Å². The second-order valence-corrected chi connectivity index (χ2v) is 5.09. The summed E-state index contributed by atoms with van der Waals surface area (Å²) in [7, 11) is 0. The van der Waals surface area contributed by atoms with Gasteiger partial charge in [-0.25, -0.2) is 9.97 Å². The van der Waals surface area contributed by atoms with Crippen molar-refractivity contribution in [3.8, 4) is 10.7 Å². The van der Waals surface area contributed by atoms with Gasteiger partial charge < -0.3 is 5.73 Å². The SMILES string of the molecule is Nc1nc(-c2cncs2)nc2c1CSC2. The molecule has 0 amide bonds. The van der Waals surface area contributed by atoms with E-state index in [2.05, 4.69) is 15.0 Å². The maximum absolute atomic E-state index is 5.90. The van der Waals surface area contributed by atoms with Gasteiger partial charge in [0.15, 0.2) is 5.82 Å². The lowest BCUT2D eigenvalue weighted by molar-refractivity contribution is 1.09. The largest absolute Gasteiger partial charge is 0.383 e. The molecule has 0 bridgehead atoms. The number of thiazole rings is 1. The summed E-state index contributed by atoms with van der Waals surface area (Å²) in [5.74, 6) is 3.20. The van der Waals surface area contributed by atoms with Crippen molar-refractivity contribution in [2.75, 3.05) is 5.73 Å². The zero-order chi connectivity index (χ0) is 10.3. The van der Waals surface area contributed by atoms with Gasteiger partial charge in [0.1, 0.15) is 5.82 Å². The number of aromatic nitrogens is 3. The van der Waals surface area contributed by atoms with Crippen LogP contribution in [0.4, 0.5) is 5.82 Å². The highest BCUT2D eigenvalue weighted by molar-refractivity contribution is 7.98. The standard InChI is InChI=1S/C9H8N4S2/c10-8-5-2-14-3-6(5)12-9(13-8)7-1-11-4-15-7/h1,4H,2-3H2,(H2,10,12,13). The Hall–Kier alpha value is -1.14. The number of anilines is 1. The number of hydrogen-bond acceptors (Lipinski definition) is 6. The summed E-state index contributed by atoms with van der Waals surface area (Å²) in [6.07, 6.45) is 1.77. The molecule has 2 aromatic heterocycles. The summed E-state index contributed by atoms with van der Waals surface area (Å²) >= 11 is 3.36. The van der Waals surface area contributed by atoms with Crippen molar-refractivity contribution < 1.29 is 0 Å². The van der Waals surface area contributed by atoms with Crippen LogP contribution in [0.3, 0.4) is 0 Å².